The normalized spacial score (nSPS) is 17.0. The molecule has 106 valence electrons. The summed E-state index contributed by atoms with van der Waals surface area (Å²) >= 11 is 12.0. The van der Waals surface area contributed by atoms with Crippen LogP contribution >= 0.6 is 23.2 Å². The van der Waals surface area contributed by atoms with E-state index in [4.69, 9.17) is 23.2 Å². The van der Waals surface area contributed by atoms with Gasteiger partial charge in [0.1, 0.15) is 0 Å². The van der Waals surface area contributed by atoms with E-state index in [1.54, 1.807) is 18.2 Å². The Morgan fingerprint density at radius 1 is 1.05 bits per heavy atom. The minimum Gasteiger partial charge on any atom is -0.387 e. The van der Waals surface area contributed by atoms with Crippen LogP contribution < -0.4 is 0 Å². The van der Waals surface area contributed by atoms with Gasteiger partial charge in [-0.05, 0) is 47.7 Å². The van der Waals surface area contributed by atoms with Gasteiger partial charge < -0.3 is 5.11 Å². The summed E-state index contributed by atoms with van der Waals surface area (Å²) in [5.74, 6) is 0. The number of rotatable bonds is 2. The fourth-order valence-corrected chi connectivity index (χ4v) is 3.57. The molecule has 0 saturated heterocycles. The topological polar surface area (TPSA) is 44.0 Å². The zero-order valence-corrected chi connectivity index (χ0v) is 12.7. The first-order valence-electron chi connectivity index (χ1n) is 6.66. The van der Waals surface area contributed by atoms with E-state index < -0.39 is 11.5 Å². The lowest BCUT2D eigenvalue weighted by Crippen LogP contribution is -2.28. The summed E-state index contributed by atoms with van der Waals surface area (Å²) in [4.78, 5) is 0. The van der Waals surface area contributed by atoms with Crippen molar-refractivity contribution in [3.63, 3.8) is 0 Å². The molecule has 1 atom stereocenters. The number of aliphatic hydroxyl groups is 1. The van der Waals surface area contributed by atoms with Crippen molar-refractivity contribution < 1.29 is 5.11 Å². The molecule has 4 heteroatoms. The largest absolute Gasteiger partial charge is 0.387 e. The lowest BCUT2D eigenvalue weighted by Gasteiger charge is -2.27. The lowest BCUT2D eigenvalue weighted by molar-refractivity contribution is 0.0694. The Morgan fingerprint density at radius 3 is 2.05 bits per heavy atom. The highest BCUT2D eigenvalue weighted by molar-refractivity contribution is 6.34. The summed E-state index contributed by atoms with van der Waals surface area (Å²) in [5.41, 5.74) is 1.96. The molecule has 2 aromatic rings. The smallest absolute Gasteiger partial charge is 0.0983 e. The van der Waals surface area contributed by atoms with E-state index in [-0.39, 0.29) is 0 Å². The SMILES string of the molecule is N#CC1(C(O)c2cc(Cl)cc(Cl)c2)Cc2ccccc2C1. The van der Waals surface area contributed by atoms with Crippen molar-refractivity contribution >= 4 is 23.2 Å². The molecule has 0 saturated carbocycles. The first kappa shape index (κ1) is 14.4. The zero-order chi connectivity index (χ0) is 15.0. The highest BCUT2D eigenvalue weighted by Gasteiger charge is 2.44. The second-order valence-electron chi connectivity index (χ2n) is 5.50. The van der Waals surface area contributed by atoms with E-state index in [1.165, 1.54) is 0 Å². The number of halogens is 2. The monoisotopic (exact) mass is 317 g/mol. The standard InChI is InChI=1S/C17H13Cl2NO/c18-14-5-13(6-15(19)7-14)16(21)17(10-20)8-11-3-1-2-4-12(11)9-17/h1-7,16,21H,8-9H2. The number of aliphatic hydroxyl groups excluding tert-OH is 1. The highest BCUT2D eigenvalue weighted by Crippen LogP contribution is 2.46. The second-order valence-corrected chi connectivity index (χ2v) is 6.37. The van der Waals surface area contributed by atoms with Crippen LogP contribution in [-0.4, -0.2) is 5.11 Å². The number of nitriles is 1. The Kier molecular flexibility index (Phi) is 3.67. The second kappa shape index (κ2) is 5.35. The van der Waals surface area contributed by atoms with Crippen molar-refractivity contribution in [3.8, 4) is 6.07 Å². The van der Waals surface area contributed by atoms with Crippen LogP contribution in [-0.2, 0) is 12.8 Å². The van der Waals surface area contributed by atoms with Gasteiger partial charge in [-0.15, -0.1) is 0 Å². The third kappa shape index (κ3) is 2.53. The van der Waals surface area contributed by atoms with Gasteiger partial charge in [0, 0.05) is 10.0 Å². The van der Waals surface area contributed by atoms with Crippen LogP contribution in [0.3, 0.4) is 0 Å². The molecule has 0 bridgehead atoms. The van der Waals surface area contributed by atoms with Crippen molar-refractivity contribution in [2.24, 2.45) is 5.41 Å². The Labute approximate surface area is 133 Å². The van der Waals surface area contributed by atoms with Crippen LogP contribution in [0.1, 0.15) is 22.8 Å². The van der Waals surface area contributed by atoms with E-state index in [0.717, 1.165) is 11.1 Å². The molecule has 2 nitrogen and oxygen atoms in total. The predicted octanol–water partition coefficient (Wildman–Crippen LogP) is 4.34. The highest BCUT2D eigenvalue weighted by atomic mass is 35.5. The predicted molar refractivity (Wildman–Crippen MR) is 83.3 cm³/mol. The molecule has 0 aliphatic heterocycles. The molecule has 0 heterocycles. The third-order valence-electron chi connectivity index (χ3n) is 4.08. The number of benzene rings is 2. The molecule has 0 amide bonds. The van der Waals surface area contributed by atoms with Crippen molar-refractivity contribution in [3.05, 3.63) is 69.2 Å². The first-order valence-corrected chi connectivity index (χ1v) is 7.42. The van der Waals surface area contributed by atoms with Crippen molar-refractivity contribution in [1.82, 2.24) is 0 Å². The molecule has 1 aliphatic carbocycles. The van der Waals surface area contributed by atoms with Crippen LogP contribution in [0.15, 0.2) is 42.5 Å². The van der Waals surface area contributed by atoms with Gasteiger partial charge in [0.05, 0.1) is 17.6 Å². The van der Waals surface area contributed by atoms with Gasteiger partial charge in [-0.1, -0.05) is 47.5 Å². The number of fused-ring (bicyclic) bond motifs is 1. The summed E-state index contributed by atoms with van der Waals surface area (Å²) in [6.07, 6.45) is 0.141. The van der Waals surface area contributed by atoms with E-state index in [9.17, 15) is 10.4 Å². The van der Waals surface area contributed by atoms with Crippen LogP contribution in [0.4, 0.5) is 0 Å². The van der Waals surface area contributed by atoms with Gasteiger partial charge in [-0.25, -0.2) is 0 Å². The quantitative estimate of drug-likeness (QED) is 0.895. The van der Waals surface area contributed by atoms with Crippen LogP contribution in [0.25, 0.3) is 0 Å². The summed E-state index contributed by atoms with van der Waals surface area (Å²) in [7, 11) is 0. The lowest BCUT2D eigenvalue weighted by atomic mass is 9.77. The minimum atomic E-state index is -0.925. The maximum Gasteiger partial charge on any atom is 0.0983 e. The molecular weight excluding hydrogens is 305 g/mol. The molecule has 0 spiro atoms. The molecule has 0 fully saturated rings. The van der Waals surface area contributed by atoms with Crippen LogP contribution in [0, 0.1) is 16.7 Å². The minimum absolute atomic E-state index is 0.458. The van der Waals surface area contributed by atoms with Gasteiger partial charge in [-0.2, -0.15) is 5.26 Å². The fraction of sp³-hybridized carbons (Fsp3) is 0.235. The third-order valence-corrected chi connectivity index (χ3v) is 4.51. The van der Waals surface area contributed by atoms with Crippen molar-refractivity contribution in [2.75, 3.05) is 0 Å². The molecule has 1 N–H and O–H groups in total. The van der Waals surface area contributed by atoms with Crippen LogP contribution in [0.2, 0.25) is 10.0 Å². The Bertz CT molecular complexity index is 691. The Hall–Kier alpha value is -1.53. The van der Waals surface area contributed by atoms with Gasteiger partial charge >= 0.3 is 0 Å². The molecular formula is C17H13Cl2NO. The Balaban J connectivity index is 2.00. The maximum absolute atomic E-state index is 10.8. The molecule has 3 rings (SSSR count). The molecule has 2 aromatic carbocycles. The Morgan fingerprint density at radius 2 is 1.57 bits per heavy atom. The van der Waals surface area contributed by atoms with Gasteiger partial charge in [0.25, 0.3) is 0 Å². The van der Waals surface area contributed by atoms with E-state index in [2.05, 4.69) is 6.07 Å². The first-order chi connectivity index (χ1) is 10.0. The number of nitrogens with zero attached hydrogens (tertiary/aromatic N) is 1. The maximum atomic E-state index is 10.8. The molecule has 0 aromatic heterocycles. The number of hydrogen-bond acceptors (Lipinski definition) is 2. The van der Waals surface area contributed by atoms with Gasteiger partial charge in [0.2, 0.25) is 0 Å². The summed E-state index contributed by atoms with van der Waals surface area (Å²) in [6, 6.07) is 15.2. The van der Waals surface area contributed by atoms with Crippen LogP contribution in [0.5, 0.6) is 0 Å². The van der Waals surface area contributed by atoms with E-state index >= 15 is 0 Å². The fourth-order valence-electron chi connectivity index (χ4n) is 3.03. The summed E-state index contributed by atoms with van der Waals surface area (Å²) in [5, 5.41) is 21.4. The summed E-state index contributed by atoms with van der Waals surface area (Å²) < 4.78 is 0. The average molecular weight is 318 g/mol. The van der Waals surface area contributed by atoms with Crippen molar-refractivity contribution in [1.29, 1.82) is 5.26 Å². The van der Waals surface area contributed by atoms with Gasteiger partial charge in [0.15, 0.2) is 0 Å². The molecule has 21 heavy (non-hydrogen) atoms. The molecule has 1 aliphatic rings. The zero-order valence-electron chi connectivity index (χ0n) is 11.2. The molecule has 1 unspecified atom stereocenters. The average Bonchev–Trinajstić information content (AvgIpc) is 2.85. The number of hydrogen-bond donors (Lipinski definition) is 1. The van der Waals surface area contributed by atoms with Crippen molar-refractivity contribution in [2.45, 2.75) is 18.9 Å². The van der Waals surface area contributed by atoms with E-state index in [0.29, 0.717) is 28.5 Å². The summed E-state index contributed by atoms with van der Waals surface area (Å²) in [6.45, 7) is 0. The van der Waals surface area contributed by atoms with E-state index in [1.807, 2.05) is 24.3 Å². The molecule has 0 radical (unpaired) electrons. The van der Waals surface area contributed by atoms with Gasteiger partial charge in [-0.3, -0.25) is 0 Å².